The first-order chi connectivity index (χ1) is 8.72. The van der Waals surface area contributed by atoms with Crippen LogP contribution in [0.15, 0.2) is 17.6 Å². The van der Waals surface area contributed by atoms with Gasteiger partial charge in [-0.3, -0.25) is 9.59 Å². The highest BCUT2D eigenvalue weighted by molar-refractivity contribution is 7.89. The Labute approximate surface area is 109 Å². The zero-order valence-corrected chi connectivity index (χ0v) is 11.1. The lowest BCUT2D eigenvalue weighted by atomic mass is 10.3. The van der Waals surface area contributed by atoms with Crippen molar-refractivity contribution in [2.45, 2.75) is 18.0 Å². The summed E-state index contributed by atoms with van der Waals surface area (Å²) in [6, 6.07) is -1.09. The van der Waals surface area contributed by atoms with Gasteiger partial charge in [0, 0.05) is 13.2 Å². The lowest BCUT2D eigenvalue weighted by Crippen LogP contribution is -2.44. The van der Waals surface area contributed by atoms with E-state index in [0.29, 0.717) is 0 Å². The first kappa shape index (κ1) is 15.1. The topological polar surface area (TPSA) is 130 Å². The third kappa shape index (κ3) is 4.34. The molecule has 0 bridgehead atoms. The number of aromatic nitrogens is 2. The number of rotatable bonds is 6. The average Bonchev–Trinajstić information content (AvgIpc) is 2.74. The first-order valence-electron chi connectivity index (χ1n) is 5.22. The molecule has 3 N–H and O–H groups in total. The van der Waals surface area contributed by atoms with Crippen molar-refractivity contribution in [1.29, 1.82) is 0 Å². The van der Waals surface area contributed by atoms with Crippen molar-refractivity contribution in [2.75, 3.05) is 6.54 Å². The zero-order valence-electron chi connectivity index (χ0n) is 10.3. The summed E-state index contributed by atoms with van der Waals surface area (Å²) in [7, 11) is -2.28. The molecule has 1 atom stereocenters. The van der Waals surface area contributed by atoms with E-state index >= 15 is 0 Å². The lowest BCUT2D eigenvalue weighted by molar-refractivity contribution is -0.141. The molecule has 1 amide bonds. The molecule has 0 aromatic carbocycles. The van der Waals surface area contributed by atoms with E-state index < -0.39 is 34.5 Å². The Bertz CT molecular complexity index is 579. The highest BCUT2D eigenvalue weighted by Gasteiger charge is 2.19. The highest BCUT2D eigenvalue weighted by atomic mass is 32.2. The van der Waals surface area contributed by atoms with Crippen molar-refractivity contribution in [2.24, 2.45) is 7.05 Å². The Hall–Kier alpha value is -1.94. The van der Waals surface area contributed by atoms with Crippen LogP contribution >= 0.6 is 0 Å². The maximum atomic E-state index is 11.7. The van der Waals surface area contributed by atoms with Crippen molar-refractivity contribution in [1.82, 2.24) is 19.6 Å². The summed E-state index contributed by atoms with van der Waals surface area (Å²) in [6.07, 6.45) is 2.58. The molecule has 1 aromatic rings. The van der Waals surface area contributed by atoms with Crippen LogP contribution in [0.25, 0.3) is 0 Å². The molecule has 1 heterocycles. The second-order valence-corrected chi connectivity index (χ2v) is 5.54. The molecule has 0 saturated heterocycles. The number of carboxylic acid groups (broad SMARTS) is 1. The largest absolute Gasteiger partial charge is 0.480 e. The van der Waals surface area contributed by atoms with Crippen LogP contribution in [0.2, 0.25) is 0 Å². The standard InChI is InChI=1S/C9H14N4O5S/c1-6(9(15)16)12-7(14)3-11-19(17,18)8-4-13(2)5-10-8/h4-6,11H,3H2,1-2H3,(H,12,14)(H,15,16)/t6-/m1/s1. The van der Waals surface area contributed by atoms with Crippen molar-refractivity contribution in [3.63, 3.8) is 0 Å². The molecule has 9 nitrogen and oxygen atoms in total. The number of hydrogen-bond acceptors (Lipinski definition) is 5. The number of amides is 1. The summed E-state index contributed by atoms with van der Waals surface area (Å²) in [4.78, 5) is 25.4. The fourth-order valence-corrected chi connectivity index (χ4v) is 2.08. The van der Waals surface area contributed by atoms with E-state index in [1.807, 2.05) is 4.72 Å². The molecule has 0 radical (unpaired) electrons. The van der Waals surface area contributed by atoms with Crippen LogP contribution in [-0.4, -0.2) is 47.5 Å². The zero-order chi connectivity index (χ0) is 14.6. The van der Waals surface area contributed by atoms with Gasteiger partial charge in [-0.25, -0.2) is 18.1 Å². The van der Waals surface area contributed by atoms with Gasteiger partial charge in [-0.2, -0.15) is 0 Å². The lowest BCUT2D eigenvalue weighted by Gasteiger charge is -2.09. The Kier molecular flexibility index (Phi) is 4.62. The number of aryl methyl sites for hydroxylation is 1. The van der Waals surface area contributed by atoms with E-state index in [0.717, 1.165) is 0 Å². The van der Waals surface area contributed by atoms with Crippen molar-refractivity contribution in [3.8, 4) is 0 Å². The molecular formula is C9H14N4O5S. The minimum Gasteiger partial charge on any atom is -0.480 e. The molecule has 0 aliphatic rings. The van der Waals surface area contributed by atoms with Gasteiger partial charge in [-0.15, -0.1) is 0 Å². The van der Waals surface area contributed by atoms with E-state index in [9.17, 15) is 18.0 Å². The maximum Gasteiger partial charge on any atom is 0.325 e. The minimum absolute atomic E-state index is 0.214. The van der Waals surface area contributed by atoms with Gasteiger partial charge in [-0.1, -0.05) is 0 Å². The number of nitrogens with zero attached hydrogens (tertiary/aromatic N) is 2. The molecule has 106 valence electrons. The van der Waals surface area contributed by atoms with Gasteiger partial charge in [0.05, 0.1) is 12.9 Å². The Morgan fingerprint density at radius 2 is 2.16 bits per heavy atom. The van der Waals surface area contributed by atoms with Crippen LogP contribution < -0.4 is 10.0 Å². The van der Waals surface area contributed by atoms with Crippen molar-refractivity contribution >= 4 is 21.9 Å². The molecule has 19 heavy (non-hydrogen) atoms. The van der Waals surface area contributed by atoms with Crippen LogP contribution in [0, 0.1) is 0 Å². The second kappa shape index (κ2) is 5.80. The molecule has 0 fully saturated rings. The third-order valence-electron chi connectivity index (χ3n) is 2.13. The average molecular weight is 290 g/mol. The molecule has 1 rings (SSSR count). The minimum atomic E-state index is -3.88. The van der Waals surface area contributed by atoms with E-state index in [4.69, 9.17) is 5.11 Å². The predicted octanol–water partition coefficient (Wildman–Crippen LogP) is -1.71. The molecule has 10 heteroatoms. The van der Waals surface area contributed by atoms with Gasteiger partial charge in [0.25, 0.3) is 10.0 Å². The predicted molar refractivity (Wildman–Crippen MR) is 63.6 cm³/mol. The monoisotopic (exact) mass is 290 g/mol. The summed E-state index contributed by atoms with van der Waals surface area (Å²) >= 11 is 0. The molecule has 0 aliphatic carbocycles. The smallest absolute Gasteiger partial charge is 0.325 e. The van der Waals surface area contributed by atoms with E-state index in [1.54, 1.807) is 7.05 Å². The Balaban J connectivity index is 2.57. The fourth-order valence-electron chi connectivity index (χ4n) is 1.12. The van der Waals surface area contributed by atoms with Crippen molar-refractivity contribution in [3.05, 3.63) is 12.5 Å². The Morgan fingerprint density at radius 3 is 2.63 bits per heavy atom. The number of carboxylic acids is 1. The molecule has 0 spiro atoms. The van der Waals surface area contributed by atoms with Gasteiger partial charge in [0.1, 0.15) is 6.04 Å². The van der Waals surface area contributed by atoms with Crippen LogP contribution in [0.4, 0.5) is 0 Å². The summed E-state index contributed by atoms with van der Waals surface area (Å²) in [5, 5.41) is 10.5. The number of hydrogen-bond donors (Lipinski definition) is 3. The number of carbonyl (C=O) groups is 2. The van der Waals surface area contributed by atoms with E-state index in [2.05, 4.69) is 10.3 Å². The van der Waals surface area contributed by atoms with Gasteiger partial charge in [0.2, 0.25) is 5.91 Å². The van der Waals surface area contributed by atoms with Crippen LogP contribution in [-0.2, 0) is 26.7 Å². The molecule has 0 unspecified atom stereocenters. The number of imidazole rings is 1. The summed E-state index contributed by atoms with van der Waals surface area (Å²) in [6.45, 7) is 0.712. The van der Waals surface area contributed by atoms with E-state index in [-0.39, 0.29) is 5.03 Å². The van der Waals surface area contributed by atoms with Gasteiger partial charge < -0.3 is 15.0 Å². The van der Waals surface area contributed by atoms with E-state index in [1.165, 1.54) is 24.0 Å². The summed E-state index contributed by atoms with van der Waals surface area (Å²) in [5.41, 5.74) is 0. The third-order valence-corrected chi connectivity index (χ3v) is 3.41. The first-order valence-corrected chi connectivity index (χ1v) is 6.70. The maximum absolute atomic E-state index is 11.7. The molecule has 0 aliphatic heterocycles. The summed E-state index contributed by atoms with van der Waals surface area (Å²) < 4.78 is 26.8. The molecule has 1 aromatic heterocycles. The Morgan fingerprint density at radius 1 is 1.53 bits per heavy atom. The molecular weight excluding hydrogens is 276 g/mol. The number of aliphatic carboxylic acids is 1. The fraction of sp³-hybridized carbons (Fsp3) is 0.444. The van der Waals surface area contributed by atoms with Gasteiger partial charge in [-0.05, 0) is 6.92 Å². The number of nitrogens with one attached hydrogen (secondary N) is 2. The number of carbonyl (C=O) groups excluding carboxylic acids is 1. The highest BCUT2D eigenvalue weighted by Crippen LogP contribution is 2.02. The van der Waals surface area contributed by atoms with Crippen LogP contribution in [0.1, 0.15) is 6.92 Å². The normalized spacial score (nSPS) is 12.9. The molecule has 0 saturated carbocycles. The SMILES string of the molecule is C[C@@H](NC(=O)CNS(=O)(=O)c1cn(C)cn1)C(=O)O. The summed E-state index contributed by atoms with van der Waals surface area (Å²) in [5.74, 6) is -1.95. The van der Waals surface area contributed by atoms with Gasteiger partial charge >= 0.3 is 5.97 Å². The van der Waals surface area contributed by atoms with Crippen LogP contribution in [0.5, 0.6) is 0 Å². The number of sulfonamides is 1. The second-order valence-electron chi connectivity index (χ2n) is 3.83. The van der Waals surface area contributed by atoms with Crippen LogP contribution in [0.3, 0.4) is 0 Å². The quantitative estimate of drug-likeness (QED) is 0.571. The van der Waals surface area contributed by atoms with Gasteiger partial charge in [0.15, 0.2) is 5.03 Å². The van der Waals surface area contributed by atoms with Crippen molar-refractivity contribution < 1.29 is 23.1 Å².